The summed E-state index contributed by atoms with van der Waals surface area (Å²) in [7, 11) is 0. The van der Waals surface area contributed by atoms with Crippen LogP contribution in [0.3, 0.4) is 0 Å². The Bertz CT molecular complexity index is 886. The molecule has 1 aliphatic carbocycles. The topological polar surface area (TPSA) is 98.0 Å². The third-order valence-corrected chi connectivity index (χ3v) is 4.77. The van der Waals surface area contributed by atoms with Crippen LogP contribution >= 0.6 is 23.4 Å². The Hall–Kier alpha value is -1.99. The summed E-state index contributed by atoms with van der Waals surface area (Å²) in [6.45, 7) is 0. The number of carbonyl (C=O) groups excluding carboxylic acids is 1. The monoisotopic (exact) mass is 351 g/mol. The first-order chi connectivity index (χ1) is 11.0. The van der Waals surface area contributed by atoms with Crippen molar-refractivity contribution in [1.82, 2.24) is 9.55 Å². The first-order valence-corrected chi connectivity index (χ1v) is 8.39. The zero-order valence-electron chi connectivity index (χ0n) is 12.0. The smallest absolute Gasteiger partial charge is 0.330 e. The van der Waals surface area contributed by atoms with Crippen LogP contribution in [0.25, 0.3) is 0 Å². The van der Waals surface area contributed by atoms with Crippen LogP contribution in [0, 0.1) is 0 Å². The van der Waals surface area contributed by atoms with Gasteiger partial charge in [0.2, 0.25) is 0 Å². The average Bonchev–Trinajstić information content (AvgIpc) is 3.29. The predicted octanol–water partition coefficient (Wildman–Crippen LogP) is 2.08. The third-order valence-electron chi connectivity index (χ3n) is 3.54. The van der Waals surface area contributed by atoms with Crippen molar-refractivity contribution in [3.05, 3.63) is 55.7 Å². The molecule has 1 aromatic heterocycles. The third kappa shape index (κ3) is 3.35. The second-order valence-electron chi connectivity index (χ2n) is 5.29. The normalized spacial score (nSPS) is 14.0. The highest BCUT2D eigenvalue weighted by atomic mass is 35.5. The fraction of sp³-hybridized carbons (Fsp3) is 0.267. The summed E-state index contributed by atoms with van der Waals surface area (Å²) in [5.74, 6) is -0.419. The molecule has 0 spiro atoms. The Kier molecular flexibility index (Phi) is 4.32. The summed E-state index contributed by atoms with van der Waals surface area (Å²) in [5.41, 5.74) is 4.47. The number of nitrogen functional groups attached to an aromatic ring is 1. The zero-order chi connectivity index (χ0) is 16.6. The van der Waals surface area contributed by atoms with E-state index in [1.54, 1.807) is 18.2 Å². The molecule has 1 aliphatic rings. The minimum atomic E-state index is -0.735. The number of halogens is 1. The van der Waals surface area contributed by atoms with Crippen molar-refractivity contribution >= 4 is 35.0 Å². The summed E-state index contributed by atoms with van der Waals surface area (Å²) in [4.78, 5) is 39.2. The van der Waals surface area contributed by atoms with E-state index in [0.29, 0.717) is 5.02 Å². The molecule has 1 heterocycles. The number of nitrogens with zero attached hydrogens (tertiary/aromatic N) is 1. The van der Waals surface area contributed by atoms with Gasteiger partial charge >= 0.3 is 5.69 Å². The molecule has 23 heavy (non-hydrogen) atoms. The number of rotatable bonds is 5. The standard InChI is InChI=1S/C15H14ClN3O3S/c16-8-2-1-3-10(6-8)23-7-11(20)12-13(17)19(9-4-5-9)15(22)18-14(12)21/h1-3,6,9H,4-5,7,17H2,(H,18,21,22). The van der Waals surface area contributed by atoms with Gasteiger partial charge in [0.05, 0.1) is 5.75 Å². The fourth-order valence-corrected chi connectivity index (χ4v) is 3.39. The number of Topliss-reactive ketones (excluding diaryl/α,β-unsaturated/α-hetero) is 1. The highest BCUT2D eigenvalue weighted by molar-refractivity contribution is 8.00. The van der Waals surface area contributed by atoms with E-state index in [1.165, 1.54) is 16.3 Å². The highest BCUT2D eigenvalue weighted by Crippen LogP contribution is 2.35. The number of hydrogen-bond donors (Lipinski definition) is 2. The number of anilines is 1. The lowest BCUT2D eigenvalue weighted by Crippen LogP contribution is -2.36. The number of hydrogen-bond acceptors (Lipinski definition) is 5. The predicted molar refractivity (Wildman–Crippen MR) is 90.5 cm³/mol. The van der Waals surface area contributed by atoms with Crippen LogP contribution < -0.4 is 17.0 Å². The van der Waals surface area contributed by atoms with Crippen LogP contribution in [0.5, 0.6) is 0 Å². The molecule has 0 radical (unpaired) electrons. The molecule has 120 valence electrons. The minimum Gasteiger partial charge on any atom is -0.384 e. The van der Waals surface area contributed by atoms with Crippen LogP contribution in [0.1, 0.15) is 29.2 Å². The molecule has 0 saturated heterocycles. The Morgan fingerprint density at radius 3 is 2.78 bits per heavy atom. The molecule has 1 fully saturated rings. The van der Waals surface area contributed by atoms with Gasteiger partial charge in [-0.05, 0) is 31.0 Å². The van der Waals surface area contributed by atoms with Crippen molar-refractivity contribution in [2.45, 2.75) is 23.8 Å². The molecule has 3 rings (SSSR count). The molecule has 1 aromatic carbocycles. The molecule has 0 amide bonds. The van der Waals surface area contributed by atoms with Crippen molar-refractivity contribution in [3.63, 3.8) is 0 Å². The van der Waals surface area contributed by atoms with Gasteiger partial charge in [0.1, 0.15) is 11.4 Å². The Labute approximate surface area is 140 Å². The molecule has 8 heteroatoms. The second-order valence-corrected chi connectivity index (χ2v) is 6.78. The van der Waals surface area contributed by atoms with Crippen LogP contribution in [-0.4, -0.2) is 21.1 Å². The van der Waals surface area contributed by atoms with E-state index in [1.807, 2.05) is 6.07 Å². The van der Waals surface area contributed by atoms with Gasteiger partial charge in [-0.3, -0.25) is 19.1 Å². The van der Waals surface area contributed by atoms with Gasteiger partial charge in [0, 0.05) is 16.0 Å². The molecule has 1 saturated carbocycles. The van der Waals surface area contributed by atoms with Crippen molar-refractivity contribution in [2.24, 2.45) is 0 Å². The average molecular weight is 352 g/mol. The Morgan fingerprint density at radius 2 is 2.13 bits per heavy atom. The Morgan fingerprint density at radius 1 is 1.39 bits per heavy atom. The van der Waals surface area contributed by atoms with E-state index < -0.39 is 17.0 Å². The maximum absolute atomic E-state index is 12.4. The molecule has 0 aliphatic heterocycles. The SMILES string of the molecule is Nc1c(C(=O)CSc2cccc(Cl)c2)c(=O)[nH]c(=O)n1C1CC1. The maximum atomic E-state index is 12.4. The van der Waals surface area contributed by atoms with Gasteiger partial charge in [-0.15, -0.1) is 11.8 Å². The van der Waals surface area contributed by atoms with Crippen molar-refractivity contribution in [3.8, 4) is 0 Å². The molecule has 0 atom stereocenters. The fourth-order valence-electron chi connectivity index (χ4n) is 2.31. The van der Waals surface area contributed by atoms with Crippen LogP contribution in [-0.2, 0) is 0 Å². The minimum absolute atomic E-state index is 0.0218. The number of benzene rings is 1. The number of carbonyl (C=O) groups is 1. The lowest BCUT2D eigenvalue weighted by molar-refractivity contribution is 0.102. The van der Waals surface area contributed by atoms with Gasteiger partial charge in [-0.2, -0.15) is 0 Å². The quantitative estimate of drug-likeness (QED) is 0.635. The number of ketones is 1. The first-order valence-electron chi connectivity index (χ1n) is 7.03. The molecule has 0 bridgehead atoms. The number of aromatic amines is 1. The molecular formula is C15H14ClN3O3S. The van der Waals surface area contributed by atoms with Gasteiger partial charge in [-0.1, -0.05) is 17.7 Å². The lowest BCUT2D eigenvalue weighted by atomic mass is 10.2. The van der Waals surface area contributed by atoms with Gasteiger partial charge < -0.3 is 5.73 Å². The number of H-pyrrole nitrogens is 1. The van der Waals surface area contributed by atoms with E-state index in [4.69, 9.17) is 17.3 Å². The molecule has 6 nitrogen and oxygen atoms in total. The van der Waals surface area contributed by atoms with E-state index >= 15 is 0 Å². The van der Waals surface area contributed by atoms with Crippen molar-refractivity contribution in [1.29, 1.82) is 0 Å². The molecule has 2 aromatic rings. The summed E-state index contributed by atoms with van der Waals surface area (Å²) < 4.78 is 1.30. The zero-order valence-corrected chi connectivity index (χ0v) is 13.6. The van der Waals surface area contributed by atoms with Crippen molar-refractivity contribution < 1.29 is 4.79 Å². The number of thioether (sulfide) groups is 1. The number of nitrogens with one attached hydrogen (secondary N) is 1. The molecule has 0 unspecified atom stereocenters. The Balaban J connectivity index is 1.86. The molecule has 3 N–H and O–H groups in total. The van der Waals surface area contributed by atoms with E-state index in [0.717, 1.165) is 17.7 Å². The largest absolute Gasteiger partial charge is 0.384 e. The second kappa shape index (κ2) is 6.25. The van der Waals surface area contributed by atoms with E-state index in [-0.39, 0.29) is 23.2 Å². The number of aromatic nitrogens is 2. The van der Waals surface area contributed by atoms with Gasteiger partial charge in [0.15, 0.2) is 5.78 Å². The first kappa shape index (κ1) is 15.9. The van der Waals surface area contributed by atoms with Crippen LogP contribution in [0.2, 0.25) is 5.02 Å². The molecular weight excluding hydrogens is 338 g/mol. The van der Waals surface area contributed by atoms with Crippen LogP contribution in [0.4, 0.5) is 5.82 Å². The van der Waals surface area contributed by atoms with Gasteiger partial charge in [-0.25, -0.2) is 4.79 Å². The van der Waals surface area contributed by atoms with E-state index in [2.05, 4.69) is 4.98 Å². The number of nitrogens with two attached hydrogens (primary N) is 1. The summed E-state index contributed by atoms with van der Waals surface area (Å²) in [5, 5.41) is 0.571. The van der Waals surface area contributed by atoms with Crippen LogP contribution in [0.15, 0.2) is 38.8 Å². The van der Waals surface area contributed by atoms with Crippen molar-refractivity contribution in [2.75, 3.05) is 11.5 Å². The lowest BCUT2D eigenvalue weighted by Gasteiger charge is -2.11. The van der Waals surface area contributed by atoms with Gasteiger partial charge in [0.25, 0.3) is 5.56 Å². The summed E-state index contributed by atoms with van der Waals surface area (Å²) in [6, 6.07) is 7.05. The van der Waals surface area contributed by atoms with E-state index in [9.17, 15) is 14.4 Å². The summed E-state index contributed by atoms with van der Waals surface area (Å²) in [6.07, 6.45) is 1.64. The maximum Gasteiger partial charge on any atom is 0.330 e. The summed E-state index contributed by atoms with van der Waals surface area (Å²) >= 11 is 7.16. The highest BCUT2D eigenvalue weighted by Gasteiger charge is 2.29.